The Morgan fingerprint density at radius 3 is 3.05 bits per heavy atom. The number of carbonyl (C=O) groups excluding carboxylic acids is 1. The van der Waals surface area contributed by atoms with Crippen molar-refractivity contribution in [1.29, 1.82) is 0 Å². The zero-order chi connectivity index (χ0) is 15.5. The summed E-state index contributed by atoms with van der Waals surface area (Å²) in [7, 11) is 0. The second-order valence-corrected chi connectivity index (χ2v) is 7.40. The second kappa shape index (κ2) is 6.84. The third kappa shape index (κ3) is 3.36. The van der Waals surface area contributed by atoms with E-state index in [1.54, 1.807) is 0 Å². The Morgan fingerprint density at radius 1 is 1.45 bits per heavy atom. The number of hydrogen-bond donors (Lipinski definition) is 1. The minimum absolute atomic E-state index is 0.0858. The van der Waals surface area contributed by atoms with Crippen LogP contribution in [-0.2, 0) is 11.2 Å². The van der Waals surface area contributed by atoms with Gasteiger partial charge in [0.1, 0.15) is 4.32 Å². The number of amides is 1. The van der Waals surface area contributed by atoms with Crippen LogP contribution in [0.15, 0.2) is 23.1 Å². The largest absolute Gasteiger partial charge is 0.371 e. The first-order chi connectivity index (χ1) is 10.7. The number of anilines is 1. The predicted molar refractivity (Wildman–Crippen MR) is 98.2 cm³/mol. The number of carbonyl (C=O) groups is 1. The molecule has 116 valence electrons. The van der Waals surface area contributed by atoms with Crippen LogP contribution < -0.4 is 10.2 Å². The number of fused-ring (bicyclic) bond motifs is 1. The molecular formula is C17H20N2OS2. The van der Waals surface area contributed by atoms with Gasteiger partial charge in [-0.25, -0.2) is 0 Å². The number of nitrogens with zero attached hydrogens (tertiary/aromatic N) is 1. The average Bonchev–Trinajstić information content (AvgIpc) is 2.82. The summed E-state index contributed by atoms with van der Waals surface area (Å²) in [5, 5.41) is 2.66. The quantitative estimate of drug-likeness (QED) is 0.673. The van der Waals surface area contributed by atoms with Crippen LogP contribution in [0, 0.1) is 0 Å². The summed E-state index contributed by atoms with van der Waals surface area (Å²) in [6.45, 7) is 4.52. The lowest BCUT2D eigenvalue weighted by atomic mass is 9.98. The lowest BCUT2D eigenvalue weighted by molar-refractivity contribution is -0.115. The molecule has 1 amide bonds. The van der Waals surface area contributed by atoms with Crippen molar-refractivity contribution in [2.24, 2.45) is 0 Å². The molecule has 1 N–H and O–H groups in total. The van der Waals surface area contributed by atoms with Crippen LogP contribution in [0.2, 0.25) is 0 Å². The van der Waals surface area contributed by atoms with Crippen molar-refractivity contribution < 1.29 is 4.79 Å². The Bertz CT molecular complexity index is 640. The number of rotatable bonds is 4. The Balaban J connectivity index is 1.83. The normalized spacial score (nSPS) is 19.5. The van der Waals surface area contributed by atoms with Crippen LogP contribution >= 0.6 is 24.0 Å². The van der Waals surface area contributed by atoms with Gasteiger partial charge in [-0.1, -0.05) is 43.4 Å². The van der Waals surface area contributed by atoms with Gasteiger partial charge in [0.2, 0.25) is 0 Å². The Labute approximate surface area is 141 Å². The molecule has 0 aromatic heterocycles. The molecule has 2 heterocycles. The van der Waals surface area contributed by atoms with Crippen LogP contribution in [-0.4, -0.2) is 23.3 Å². The van der Waals surface area contributed by atoms with Crippen LogP contribution in [0.25, 0.3) is 6.08 Å². The second-order valence-electron chi connectivity index (χ2n) is 5.68. The summed E-state index contributed by atoms with van der Waals surface area (Å²) >= 11 is 6.37. The minimum atomic E-state index is -0.0858. The molecule has 1 aromatic rings. The Morgan fingerprint density at radius 2 is 2.32 bits per heavy atom. The fraction of sp³-hybridized carbons (Fsp3) is 0.412. The van der Waals surface area contributed by atoms with Gasteiger partial charge in [-0.2, -0.15) is 0 Å². The van der Waals surface area contributed by atoms with E-state index in [2.05, 4.69) is 35.3 Å². The van der Waals surface area contributed by atoms with Gasteiger partial charge in [0.05, 0.1) is 4.91 Å². The van der Waals surface area contributed by atoms with E-state index in [1.165, 1.54) is 42.3 Å². The fourth-order valence-corrected chi connectivity index (χ4v) is 3.98. The topological polar surface area (TPSA) is 32.3 Å². The minimum Gasteiger partial charge on any atom is -0.371 e. The molecule has 2 aliphatic heterocycles. The van der Waals surface area contributed by atoms with Crippen LogP contribution in [0.4, 0.5) is 5.69 Å². The molecular weight excluding hydrogens is 312 g/mol. The average molecular weight is 332 g/mol. The Hall–Kier alpha value is -1.33. The smallest absolute Gasteiger partial charge is 0.263 e. The molecule has 0 aliphatic carbocycles. The summed E-state index contributed by atoms with van der Waals surface area (Å²) < 4.78 is 0.542. The molecule has 0 unspecified atom stereocenters. The molecule has 2 aliphatic rings. The molecule has 1 aromatic carbocycles. The molecule has 0 radical (unpaired) electrons. The van der Waals surface area contributed by atoms with Crippen molar-refractivity contribution in [3.05, 3.63) is 34.2 Å². The highest BCUT2D eigenvalue weighted by atomic mass is 32.2. The number of thioether (sulfide) groups is 1. The van der Waals surface area contributed by atoms with Crippen molar-refractivity contribution in [2.45, 2.75) is 32.6 Å². The monoisotopic (exact) mass is 332 g/mol. The van der Waals surface area contributed by atoms with E-state index in [-0.39, 0.29) is 5.91 Å². The lowest BCUT2D eigenvalue weighted by Crippen LogP contribution is -2.30. The summed E-state index contributed by atoms with van der Waals surface area (Å²) in [4.78, 5) is 14.9. The summed E-state index contributed by atoms with van der Waals surface area (Å²) in [6, 6.07) is 6.52. The maximum absolute atomic E-state index is 11.8. The maximum atomic E-state index is 11.8. The molecule has 3 rings (SSSR count). The van der Waals surface area contributed by atoms with Crippen LogP contribution in [0.5, 0.6) is 0 Å². The molecule has 1 fully saturated rings. The van der Waals surface area contributed by atoms with Crippen LogP contribution in [0.1, 0.15) is 37.3 Å². The number of nitrogens with one attached hydrogen (secondary N) is 1. The van der Waals surface area contributed by atoms with Crippen molar-refractivity contribution in [3.8, 4) is 0 Å². The predicted octanol–water partition coefficient (Wildman–Crippen LogP) is 3.73. The maximum Gasteiger partial charge on any atom is 0.263 e. The van der Waals surface area contributed by atoms with Gasteiger partial charge in [0, 0.05) is 18.8 Å². The van der Waals surface area contributed by atoms with Gasteiger partial charge in [-0.15, -0.1) is 0 Å². The van der Waals surface area contributed by atoms with Crippen molar-refractivity contribution in [3.63, 3.8) is 0 Å². The van der Waals surface area contributed by atoms with E-state index in [9.17, 15) is 4.79 Å². The van der Waals surface area contributed by atoms with Gasteiger partial charge >= 0.3 is 0 Å². The van der Waals surface area contributed by atoms with E-state index >= 15 is 0 Å². The van der Waals surface area contributed by atoms with Gasteiger partial charge < -0.3 is 10.2 Å². The standard InChI is InChI=1S/C17H20N2OS2/c1-2-3-8-19-9-4-5-13-10-12(6-7-14(13)19)11-15-16(20)18-17(21)22-15/h6-7,10-11H,2-5,8-9H2,1H3,(H,18,20,21)/b15-11-. The van der Waals surface area contributed by atoms with Gasteiger partial charge in [0.25, 0.3) is 5.91 Å². The van der Waals surface area contributed by atoms with E-state index in [0.717, 1.165) is 25.1 Å². The summed E-state index contributed by atoms with van der Waals surface area (Å²) in [5.41, 5.74) is 3.84. The van der Waals surface area contributed by atoms with Crippen molar-refractivity contribution in [2.75, 3.05) is 18.0 Å². The van der Waals surface area contributed by atoms with Crippen molar-refractivity contribution in [1.82, 2.24) is 5.32 Å². The first-order valence-corrected chi connectivity index (χ1v) is 9.02. The van der Waals surface area contributed by atoms with E-state index in [1.807, 2.05) is 6.08 Å². The van der Waals surface area contributed by atoms with Gasteiger partial charge in [0.15, 0.2) is 0 Å². The molecule has 1 saturated heterocycles. The summed E-state index contributed by atoms with van der Waals surface area (Å²) in [6.07, 6.45) is 6.72. The lowest BCUT2D eigenvalue weighted by Gasteiger charge is -2.31. The number of benzene rings is 1. The summed E-state index contributed by atoms with van der Waals surface area (Å²) in [5.74, 6) is -0.0858. The number of unbranched alkanes of at least 4 members (excludes halogenated alkanes) is 1. The van der Waals surface area contributed by atoms with Crippen molar-refractivity contribution >= 4 is 46.0 Å². The molecule has 22 heavy (non-hydrogen) atoms. The number of thiocarbonyl (C=S) groups is 1. The number of hydrogen-bond acceptors (Lipinski definition) is 4. The molecule has 0 spiro atoms. The number of aryl methyl sites for hydroxylation is 1. The Kier molecular flexibility index (Phi) is 4.84. The third-order valence-corrected chi connectivity index (χ3v) is 5.20. The highest BCUT2D eigenvalue weighted by molar-refractivity contribution is 8.26. The first-order valence-electron chi connectivity index (χ1n) is 7.80. The van der Waals surface area contributed by atoms with E-state index in [0.29, 0.717) is 9.23 Å². The fourth-order valence-electron chi connectivity index (χ4n) is 2.94. The first kappa shape index (κ1) is 15.6. The van der Waals surface area contributed by atoms with Crippen LogP contribution in [0.3, 0.4) is 0 Å². The highest BCUT2D eigenvalue weighted by Crippen LogP contribution is 2.31. The highest BCUT2D eigenvalue weighted by Gasteiger charge is 2.22. The molecule has 5 heteroatoms. The van der Waals surface area contributed by atoms with E-state index < -0.39 is 0 Å². The van der Waals surface area contributed by atoms with Gasteiger partial charge in [-0.05, 0) is 48.6 Å². The molecule has 0 saturated carbocycles. The zero-order valence-electron chi connectivity index (χ0n) is 12.7. The van der Waals surface area contributed by atoms with Gasteiger partial charge in [-0.3, -0.25) is 4.79 Å². The van der Waals surface area contributed by atoms with E-state index in [4.69, 9.17) is 12.2 Å². The molecule has 3 nitrogen and oxygen atoms in total. The zero-order valence-corrected chi connectivity index (χ0v) is 14.4. The molecule has 0 atom stereocenters. The SMILES string of the molecule is CCCCN1CCCc2cc(/C=C3\SC(=S)NC3=O)ccc21. The third-order valence-electron chi connectivity index (χ3n) is 4.04. The molecule has 0 bridgehead atoms.